The van der Waals surface area contributed by atoms with Crippen LogP contribution in [0.25, 0.3) is 0 Å². The van der Waals surface area contributed by atoms with Crippen LogP contribution in [-0.4, -0.2) is 22.7 Å². The number of benzene rings is 1. The predicted octanol–water partition coefficient (Wildman–Crippen LogP) is 2.07. The number of hydrogen-bond donors (Lipinski definition) is 3. The molecular formula is C15H16FNO4. The lowest BCUT2D eigenvalue weighted by Gasteiger charge is -2.21. The molecule has 0 bridgehead atoms. The lowest BCUT2D eigenvalue weighted by Crippen LogP contribution is -2.38. The van der Waals surface area contributed by atoms with E-state index in [-0.39, 0.29) is 17.9 Å². The molecule has 1 amide bonds. The zero-order valence-electron chi connectivity index (χ0n) is 11.7. The first-order valence-electron chi connectivity index (χ1n) is 6.35. The number of aromatic hydroxyl groups is 1. The molecule has 0 aliphatic heterocycles. The molecule has 2 aromatic rings. The molecule has 0 saturated heterocycles. The maximum atomic E-state index is 13.1. The van der Waals surface area contributed by atoms with E-state index in [9.17, 15) is 19.4 Å². The largest absolute Gasteiger partial charge is 0.507 e. The first-order chi connectivity index (χ1) is 9.79. The summed E-state index contributed by atoms with van der Waals surface area (Å²) in [4.78, 5) is 11.9. The van der Waals surface area contributed by atoms with E-state index in [4.69, 9.17) is 4.42 Å². The molecule has 21 heavy (non-hydrogen) atoms. The number of phenols is 1. The average Bonchev–Trinajstić information content (AvgIpc) is 2.86. The maximum absolute atomic E-state index is 13.1. The second-order valence-corrected chi connectivity index (χ2v) is 5.03. The molecule has 0 aliphatic rings. The highest BCUT2D eigenvalue weighted by Crippen LogP contribution is 2.23. The summed E-state index contributed by atoms with van der Waals surface area (Å²) in [6.45, 7) is 3.08. The molecule has 1 aromatic heterocycles. The second kappa shape index (κ2) is 5.57. The topological polar surface area (TPSA) is 82.7 Å². The Balaban J connectivity index is 2.08. The lowest BCUT2D eigenvalue weighted by molar-refractivity contribution is 0.0323. The van der Waals surface area contributed by atoms with Gasteiger partial charge in [-0.15, -0.1) is 0 Å². The minimum atomic E-state index is -1.41. The van der Waals surface area contributed by atoms with Crippen LogP contribution in [0.1, 0.15) is 28.8 Å². The number of hydrogen-bond acceptors (Lipinski definition) is 4. The number of carbonyl (C=O) groups excluding carboxylic acids is 1. The van der Waals surface area contributed by atoms with E-state index in [1.807, 2.05) is 0 Å². The van der Waals surface area contributed by atoms with Crippen LogP contribution in [0.3, 0.4) is 0 Å². The number of halogens is 1. The Labute approximate surface area is 121 Å². The Morgan fingerprint density at radius 1 is 1.38 bits per heavy atom. The average molecular weight is 293 g/mol. The van der Waals surface area contributed by atoms with Crippen molar-refractivity contribution < 1.29 is 23.8 Å². The van der Waals surface area contributed by atoms with Gasteiger partial charge < -0.3 is 19.9 Å². The number of furan rings is 1. The summed E-state index contributed by atoms with van der Waals surface area (Å²) in [5, 5.41) is 22.3. The van der Waals surface area contributed by atoms with Crippen molar-refractivity contribution in [2.45, 2.75) is 19.4 Å². The number of rotatable bonds is 4. The molecule has 5 nitrogen and oxygen atoms in total. The fraction of sp³-hybridized carbons (Fsp3) is 0.267. The zero-order chi connectivity index (χ0) is 15.6. The molecule has 1 unspecified atom stereocenters. The van der Waals surface area contributed by atoms with Crippen molar-refractivity contribution in [3.63, 3.8) is 0 Å². The van der Waals surface area contributed by atoms with E-state index in [0.29, 0.717) is 11.5 Å². The maximum Gasteiger partial charge on any atom is 0.255 e. The molecule has 0 aliphatic carbocycles. The highest BCUT2D eigenvalue weighted by atomic mass is 19.1. The van der Waals surface area contributed by atoms with E-state index < -0.39 is 17.3 Å². The number of aliphatic hydroxyl groups is 1. The Hall–Kier alpha value is -2.34. The van der Waals surface area contributed by atoms with Crippen LogP contribution in [0.15, 0.2) is 34.7 Å². The first kappa shape index (κ1) is 15.1. The van der Waals surface area contributed by atoms with Crippen LogP contribution in [0.4, 0.5) is 4.39 Å². The minimum absolute atomic E-state index is 0.144. The van der Waals surface area contributed by atoms with Crippen molar-refractivity contribution in [2.75, 3.05) is 6.54 Å². The summed E-state index contributed by atoms with van der Waals surface area (Å²) in [6.07, 6.45) is 0. The van der Waals surface area contributed by atoms with Gasteiger partial charge in [0.15, 0.2) is 0 Å². The number of aryl methyl sites for hydroxylation is 1. The van der Waals surface area contributed by atoms with E-state index in [2.05, 4.69) is 5.32 Å². The summed E-state index contributed by atoms with van der Waals surface area (Å²) in [5.74, 6) is -0.701. The van der Waals surface area contributed by atoms with Crippen molar-refractivity contribution in [3.8, 4) is 5.75 Å². The van der Waals surface area contributed by atoms with Crippen molar-refractivity contribution >= 4 is 5.91 Å². The van der Waals surface area contributed by atoms with Crippen LogP contribution in [0.5, 0.6) is 5.75 Å². The summed E-state index contributed by atoms with van der Waals surface area (Å²) < 4.78 is 18.4. The van der Waals surface area contributed by atoms with Crippen LogP contribution in [0.2, 0.25) is 0 Å². The number of amides is 1. The molecular weight excluding hydrogens is 277 g/mol. The second-order valence-electron chi connectivity index (χ2n) is 5.03. The Bertz CT molecular complexity index is 663. The summed E-state index contributed by atoms with van der Waals surface area (Å²) in [7, 11) is 0. The third-order valence-corrected chi connectivity index (χ3v) is 3.07. The number of carbonyl (C=O) groups is 1. The fourth-order valence-electron chi connectivity index (χ4n) is 1.85. The third-order valence-electron chi connectivity index (χ3n) is 3.07. The highest BCUT2D eigenvalue weighted by Gasteiger charge is 2.28. The van der Waals surface area contributed by atoms with Gasteiger partial charge in [0.1, 0.15) is 28.7 Å². The van der Waals surface area contributed by atoms with E-state index in [0.717, 1.165) is 18.2 Å². The lowest BCUT2D eigenvalue weighted by atomic mass is 10.0. The fourth-order valence-corrected chi connectivity index (χ4v) is 1.85. The molecule has 3 N–H and O–H groups in total. The molecule has 2 rings (SSSR count). The molecule has 0 radical (unpaired) electrons. The SMILES string of the molecule is Cc1ccc(C(C)(O)CNC(=O)c2cc(F)ccc2O)o1. The standard InChI is InChI=1S/C15H16FNO4/c1-9-3-6-13(21-9)15(2,20)8-17-14(19)11-7-10(16)4-5-12(11)18/h3-7,18,20H,8H2,1-2H3,(H,17,19). The molecule has 0 saturated carbocycles. The van der Waals surface area contributed by atoms with Crippen LogP contribution in [-0.2, 0) is 5.60 Å². The highest BCUT2D eigenvalue weighted by molar-refractivity contribution is 5.96. The van der Waals surface area contributed by atoms with Gasteiger partial charge in [0.25, 0.3) is 5.91 Å². The molecule has 1 aromatic carbocycles. The summed E-state index contributed by atoms with van der Waals surface area (Å²) in [5.41, 5.74) is -1.60. The van der Waals surface area contributed by atoms with E-state index >= 15 is 0 Å². The van der Waals surface area contributed by atoms with Gasteiger partial charge in [-0.05, 0) is 44.2 Å². The van der Waals surface area contributed by atoms with Crippen molar-refractivity contribution in [1.82, 2.24) is 5.32 Å². The Morgan fingerprint density at radius 2 is 2.10 bits per heavy atom. The smallest absolute Gasteiger partial charge is 0.255 e. The van der Waals surface area contributed by atoms with Gasteiger partial charge >= 0.3 is 0 Å². The van der Waals surface area contributed by atoms with Crippen molar-refractivity contribution in [1.29, 1.82) is 0 Å². The first-order valence-corrected chi connectivity index (χ1v) is 6.35. The number of phenolic OH excluding ortho intramolecular Hbond substituents is 1. The monoisotopic (exact) mass is 293 g/mol. The van der Waals surface area contributed by atoms with Gasteiger partial charge in [0, 0.05) is 0 Å². The van der Waals surface area contributed by atoms with Gasteiger partial charge in [0.2, 0.25) is 0 Å². The third kappa shape index (κ3) is 3.41. The minimum Gasteiger partial charge on any atom is -0.507 e. The van der Waals surface area contributed by atoms with Gasteiger partial charge in [-0.3, -0.25) is 4.79 Å². The van der Waals surface area contributed by atoms with Crippen molar-refractivity contribution in [2.24, 2.45) is 0 Å². The molecule has 1 atom stereocenters. The Morgan fingerprint density at radius 3 is 2.71 bits per heavy atom. The molecule has 6 heteroatoms. The van der Waals surface area contributed by atoms with Crippen LogP contribution >= 0.6 is 0 Å². The quantitative estimate of drug-likeness (QED) is 0.806. The van der Waals surface area contributed by atoms with Gasteiger partial charge in [-0.1, -0.05) is 0 Å². The molecule has 0 fully saturated rings. The van der Waals surface area contributed by atoms with E-state index in [1.165, 1.54) is 6.92 Å². The van der Waals surface area contributed by atoms with Gasteiger partial charge in [-0.2, -0.15) is 0 Å². The van der Waals surface area contributed by atoms with Crippen LogP contribution in [0, 0.1) is 12.7 Å². The van der Waals surface area contributed by atoms with Crippen molar-refractivity contribution in [3.05, 3.63) is 53.2 Å². The van der Waals surface area contributed by atoms with E-state index in [1.54, 1.807) is 19.1 Å². The predicted molar refractivity (Wildman–Crippen MR) is 73.4 cm³/mol. The van der Waals surface area contributed by atoms with Gasteiger partial charge in [-0.25, -0.2) is 4.39 Å². The molecule has 112 valence electrons. The summed E-state index contributed by atoms with van der Waals surface area (Å²) in [6, 6.07) is 6.38. The van der Waals surface area contributed by atoms with Gasteiger partial charge in [0.05, 0.1) is 12.1 Å². The molecule has 0 spiro atoms. The molecule has 1 heterocycles. The normalized spacial score (nSPS) is 13.7. The van der Waals surface area contributed by atoms with Crippen LogP contribution < -0.4 is 5.32 Å². The zero-order valence-corrected chi connectivity index (χ0v) is 11.7. The Kier molecular flexibility index (Phi) is 3.99. The number of nitrogens with one attached hydrogen (secondary N) is 1. The summed E-state index contributed by atoms with van der Waals surface area (Å²) >= 11 is 0.